The highest BCUT2D eigenvalue weighted by atomic mass is 16.5. The fourth-order valence-electron chi connectivity index (χ4n) is 2.93. The maximum absolute atomic E-state index is 11.6. The summed E-state index contributed by atoms with van der Waals surface area (Å²) < 4.78 is 0. The summed E-state index contributed by atoms with van der Waals surface area (Å²) in [7, 11) is 0. The molecule has 0 unspecified atom stereocenters. The van der Waals surface area contributed by atoms with Crippen LogP contribution in [0.25, 0.3) is 0 Å². The second-order valence-corrected chi connectivity index (χ2v) is 7.23. The first-order chi connectivity index (χ1) is 12.7. The summed E-state index contributed by atoms with van der Waals surface area (Å²) in [6.45, 7) is 5.75. The number of rotatable bonds is 19. The molecule has 0 aromatic heterocycles. The molecule has 0 saturated heterocycles. The van der Waals surface area contributed by atoms with Crippen molar-refractivity contribution in [1.29, 1.82) is 0 Å². The zero-order chi connectivity index (χ0) is 19.3. The van der Waals surface area contributed by atoms with E-state index in [4.69, 9.17) is 0 Å². The van der Waals surface area contributed by atoms with Crippen molar-refractivity contribution in [2.75, 3.05) is 19.6 Å². The van der Waals surface area contributed by atoms with Gasteiger partial charge < -0.3 is 10.5 Å². The molecule has 2 N–H and O–H groups in total. The van der Waals surface area contributed by atoms with Gasteiger partial charge >= 0.3 is 0 Å². The molecule has 154 valence electrons. The number of likely N-dealkylation sites (N-methyl/N-ethyl adjacent to an activating group) is 1. The zero-order valence-electron chi connectivity index (χ0n) is 17.5. The van der Waals surface area contributed by atoms with Crippen molar-refractivity contribution in [1.82, 2.24) is 10.4 Å². The van der Waals surface area contributed by atoms with Crippen LogP contribution in [0.1, 0.15) is 104 Å². The molecule has 0 fully saturated rings. The van der Waals surface area contributed by atoms with Gasteiger partial charge in [0.1, 0.15) is 0 Å². The van der Waals surface area contributed by atoms with E-state index in [0.717, 1.165) is 12.8 Å². The molecular weight excluding hydrogens is 324 g/mol. The minimum absolute atomic E-state index is 0.104. The normalized spacial score (nSPS) is 11.5. The number of hydroxylamine groups is 2. The van der Waals surface area contributed by atoms with Gasteiger partial charge in [-0.15, -0.1) is 0 Å². The number of nitrogens with zero attached hydrogens (tertiary/aromatic N) is 1. The fourth-order valence-corrected chi connectivity index (χ4v) is 2.93. The Morgan fingerprint density at radius 2 is 1.38 bits per heavy atom. The lowest BCUT2D eigenvalue weighted by Crippen LogP contribution is -2.33. The number of hydrogen-bond donors (Lipinski definition) is 2. The van der Waals surface area contributed by atoms with Gasteiger partial charge in [-0.1, -0.05) is 77.4 Å². The molecule has 0 radical (unpaired) electrons. The number of allylic oxidation sites excluding steroid dienone is 2. The summed E-state index contributed by atoms with van der Waals surface area (Å²) in [5.41, 5.74) is 0. The Balaban J connectivity index is 3.23. The summed E-state index contributed by atoms with van der Waals surface area (Å²) in [4.78, 5) is 11.6. The first-order valence-electron chi connectivity index (χ1n) is 11.1. The highest BCUT2D eigenvalue weighted by Gasteiger charge is 2.02. The molecule has 0 heterocycles. The predicted octanol–water partition coefficient (Wildman–Crippen LogP) is 5.85. The van der Waals surface area contributed by atoms with E-state index in [0.29, 0.717) is 26.1 Å². The average molecular weight is 369 g/mol. The Morgan fingerprint density at radius 3 is 1.96 bits per heavy atom. The summed E-state index contributed by atoms with van der Waals surface area (Å²) in [6.07, 6.45) is 21.9. The van der Waals surface area contributed by atoms with Crippen molar-refractivity contribution in [3.8, 4) is 0 Å². The monoisotopic (exact) mass is 368 g/mol. The van der Waals surface area contributed by atoms with Gasteiger partial charge in [-0.25, -0.2) is 0 Å². The van der Waals surface area contributed by atoms with Crippen LogP contribution in [0.2, 0.25) is 0 Å². The highest BCUT2D eigenvalue weighted by Crippen LogP contribution is 2.09. The van der Waals surface area contributed by atoms with Crippen molar-refractivity contribution in [2.24, 2.45) is 0 Å². The molecule has 0 aromatic rings. The Hall–Kier alpha value is -0.870. The van der Waals surface area contributed by atoms with E-state index in [-0.39, 0.29) is 5.91 Å². The molecular formula is C22H44N2O2. The molecule has 26 heavy (non-hydrogen) atoms. The highest BCUT2D eigenvalue weighted by molar-refractivity contribution is 5.75. The average Bonchev–Trinajstić information content (AvgIpc) is 2.64. The molecule has 0 aliphatic carbocycles. The first-order valence-corrected chi connectivity index (χ1v) is 11.1. The Morgan fingerprint density at radius 1 is 0.846 bits per heavy atom. The van der Waals surface area contributed by atoms with Gasteiger partial charge in [0.05, 0.1) is 0 Å². The van der Waals surface area contributed by atoms with Gasteiger partial charge in [-0.05, 0) is 32.1 Å². The van der Waals surface area contributed by atoms with E-state index in [9.17, 15) is 10.0 Å². The van der Waals surface area contributed by atoms with Crippen molar-refractivity contribution >= 4 is 5.91 Å². The van der Waals surface area contributed by atoms with Crippen LogP contribution in [-0.4, -0.2) is 35.8 Å². The third kappa shape index (κ3) is 19.5. The van der Waals surface area contributed by atoms with E-state index >= 15 is 0 Å². The Kier molecular flexibility index (Phi) is 19.8. The maximum atomic E-state index is 11.6. The molecule has 0 spiro atoms. The second-order valence-electron chi connectivity index (χ2n) is 7.23. The number of carbonyl (C=O) groups excluding carboxylic acids is 1. The lowest BCUT2D eigenvalue weighted by atomic mass is 10.1. The van der Waals surface area contributed by atoms with E-state index in [1.807, 2.05) is 6.92 Å². The van der Waals surface area contributed by atoms with E-state index < -0.39 is 0 Å². The molecule has 4 heteroatoms. The van der Waals surface area contributed by atoms with Crippen LogP contribution < -0.4 is 5.32 Å². The van der Waals surface area contributed by atoms with Gasteiger partial charge in [0.25, 0.3) is 0 Å². The molecule has 0 atom stereocenters. The van der Waals surface area contributed by atoms with Crippen LogP contribution in [0.5, 0.6) is 0 Å². The summed E-state index contributed by atoms with van der Waals surface area (Å²) in [6, 6.07) is 0. The number of amides is 1. The van der Waals surface area contributed by atoms with Crippen LogP contribution in [-0.2, 0) is 4.79 Å². The van der Waals surface area contributed by atoms with E-state index in [1.54, 1.807) is 0 Å². The smallest absolute Gasteiger partial charge is 0.220 e. The minimum Gasteiger partial charge on any atom is -0.355 e. The van der Waals surface area contributed by atoms with Crippen LogP contribution in [0, 0.1) is 0 Å². The van der Waals surface area contributed by atoms with Crippen molar-refractivity contribution < 1.29 is 10.0 Å². The summed E-state index contributed by atoms with van der Waals surface area (Å²) >= 11 is 0. The predicted molar refractivity (Wildman–Crippen MR) is 111 cm³/mol. The molecule has 0 aliphatic heterocycles. The molecule has 0 aromatic carbocycles. The SMILES string of the molecule is CCCCCCCC/C=C\CCCCCCCC(=O)NCCN(O)CC. The molecule has 1 amide bonds. The molecule has 0 aliphatic rings. The first kappa shape index (κ1) is 25.1. The van der Waals surface area contributed by atoms with E-state index in [2.05, 4.69) is 24.4 Å². The topological polar surface area (TPSA) is 52.6 Å². The maximum Gasteiger partial charge on any atom is 0.220 e. The van der Waals surface area contributed by atoms with Gasteiger partial charge in [-0.3, -0.25) is 4.79 Å². The lowest BCUT2D eigenvalue weighted by Gasteiger charge is -2.12. The molecule has 0 rings (SSSR count). The van der Waals surface area contributed by atoms with Crippen molar-refractivity contribution in [2.45, 2.75) is 104 Å². The van der Waals surface area contributed by atoms with Gasteiger partial charge in [0.15, 0.2) is 0 Å². The summed E-state index contributed by atoms with van der Waals surface area (Å²) in [5.74, 6) is 0.104. The van der Waals surface area contributed by atoms with Crippen LogP contribution in [0.3, 0.4) is 0 Å². The largest absolute Gasteiger partial charge is 0.355 e. The number of hydrogen-bond acceptors (Lipinski definition) is 3. The Bertz CT molecular complexity index is 332. The molecule has 4 nitrogen and oxygen atoms in total. The standard InChI is InChI=1S/C22H44N2O2/c1-3-5-6-7-8-9-10-11-12-13-14-15-16-17-18-19-22(25)23-20-21-24(26)4-2/h11-12,26H,3-10,13-21H2,1-2H3,(H,23,25)/b12-11-. The summed E-state index contributed by atoms with van der Waals surface area (Å²) in [5, 5.41) is 13.3. The number of unbranched alkanes of at least 4 members (excludes halogenated alkanes) is 11. The van der Waals surface area contributed by atoms with Gasteiger partial charge in [-0.2, -0.15) is 5.06 Å². The van der Waals surface area contributed by atoms with Gasteiger partial charge in [0, 0.05) is 26.1 Å². The quantitative estimate of drug-likeness (QED) is 0.171. The third-order valence-electron chi connectivity index (χ3n) is 4.72. The fraction of sp³-hybridized carbons (Fsp3) is 0.864. The third-order valence-corrected chi connectivity index (χ3v) is 4.72. The minimum atomic E-state index is 0.104. The zero-order valence-corrected chi connectivity index (χ0v) is 17.5. The van der Waals surface area contributed by atoms with Gasteiger partial charge in [0.2, 0.25) is 5.91 Å². The second kappa shape index (κ2) is 20.4. The molecule has 0 saturated carbocycles. The number of nitrogens with one attached hydrogen (secondary N) is 1. The molecule has 0 bridgehead atoms. The van der Waals surface area contributed by atoms with E-state index in [1.165, 1.54) is 75.7 Å². The van der Waals surface area contributed by atoms with Crippen LogP contribution in [0.15, 0.2) is 12.2 Å². The number of carbonyl (C=O) groups is 1. The Labute approximate surface area is 162 Å². The van der Waals surface area contributed by atoms with Crippen LogP contribution >= 0.6 is 0 Å². The van der Waals surface area contributed by atoms with Crippen LogP contribution in [0.4, 0.5) is 0 Å². The van der Waals surface area contributed by atoms with Crippen molar-refractivity contribution in [3.63, 3.8) is 0 Å². The lowest BCUT2D eigenvalue weighted by molar-refractivity contribution is -0.122. The van der Waals surface area contributed by atoms with Crippen molar-refractivity contribution in [3.05, 3.63) is 12.2 Å².